The Kier molecular flexibility index (Phi) is 6.74. The maximum Gasteiger partial charge on any atom is 0.251 e. The monoisotopic (exact) mass is 257 g/mol. The molecule has 0 fully saturated rings. The third-order valence-corrected chi connectivity index (χ3v) is 1.96. The summed E-state index contributed by atoms with van der Waals surface area (Å²) < 4.78 is 0. The number of anilines is 1. The number of nitrogen functional groups attached to an aromatic ring is 1. The molecule has 0 saturated heterocycles. The lowest BCUT2D eigenvalue weighted by Gasteiger charge is -2.05. The van der Waals surface area contributed by atoms with E-state index in [9.17, 15) is 9.59 Å². The van der Waals surface area contributed by atoms with Crippen LogP contribution in [0.3, 0.4) is 0 Å². The Labute approximate surface area is 106 Å². The molecule has 0 radical (unpaired) electrons. The zero-order valence-electron chi connectivity index (χ0n) is 9.53. The van der Waals surface area contributed by atoms with E-state index in [0.29, 0.717) is 24.3 Å². The first-order chi connectivity index (χ1) is 7.59. The average molecular weight is 258 g/mol. The van der Waals surface area contributed by atoms with Crippen LogP contribution in [0, 0.1) is 0 Å². The summed E-state index contributed by atoms with van der Waals surface area (Å²) in [5.74, 6) is -0.285. The van der Waals surface area contributed by atoms with E-state index in [1.54, 1.807) is 24.3 Å². The van der Waals surface area contributed by atoms with Crippen LogP contribution in [-0.4, -0.2) is 24.9 Å². The molecule has 17 heavy (non-hydrogen) atoms. The van der Waals surface area contributed by atoms with E-state index in [1.165, 1.54) is 6.92 Å². The van der Waals surface area contributed by atoms with Crippen molar-refractivity contribution in [3.8, 4) is 0 Å². The van der Waals surface area contributed by atoms with Crippen molar-refractivity contribution >= 4 is 29.9 Å². The smallest absolute Gasteiger partial charge is 0.251 e. The van der Waals surface area contributed by atoms with Crippen LogP contribution < -0.4 is 16.4 Å². The van der Waals surface area contributed by atoms with Gasteiger partial charge in [0.15, 0.2) is 0 Å². The van der Waals surface area contributed by atoms with Crippen LogP contribution in [0.25, 0.3) is 0 Å². The zero-order valence-corrected chi connectivity index (χ0v) is 10.3. The molecule has 0 heterocycles. The van der Waals surface area contributed by atoms with Crippen molar-refractivity contribution in [1.29, 1.82) is 0 Å². The number of rotatable bonds is 4. The van der Waals surface area contributed by atoms with Gasteiger partial charge in [0.1, 0.15) is 0 Å². The van der Waals surface area contributed by atoms with E-state index >= 15 is 0 Å². The van der Waals surface area contributed by atoms with Crippen molar-refractivity contribution in [3.05, 3.63) is 29.8 Å². The number of hydrogen-bond acceptors (Lipinski definition) is 3. The van der Waals surface area contributed by atoms with Gasteiger partial charge in [-0.05, 0) is 24.3 Å². The number of benzene rings is 1. The van der Waals surface area contributed by atoms with Gasteiger partial charge >= 0.3 is 0 Å². The van der Waals surface area contributed by atoms with Gasteiger partial charge < -0.3 is 16.4 Å². The van der Waals surface area contributed by atoms with Crippen LogP contribution in [0.15, 0.2) is 24.3 Å². The summed E-state index contributed by atoms with van der Waals surface area (Å²) in [5, 5.41) is 5.27. The molecule has 1 rings (SSSR count). The second kappa shape index (κ2) is 7.51. The molecule has 0 atom stereocenters. The second-order valence-electron chi connectivity index (χ2n) is 3.36. The molecular formula is C11H16ClN3O2. The van der Waals surface area contributed by atoms with Crippen LogP contribution in [0.5, 0.6) is 0 Å². The number of halogens is 1. The summed E-state index contributed by atoms with van der Waals surface area (Å²) in [6.45, 7) is 2.26. The quantitative estimate of drug-likeness (QED) is 0.544. The van der Waals surface area contributed by atoms with Gasteiger partial charge in [0.25, 0.3) is 5.91 Å². The fourth-order valence-corrected chi connectivity index (χ4v) is 1.15. The molecule has 0 bridgehead atoms. The molecule has 0 unspecified atom stereocenters. The maximum atomic E-state index is 11.5. The van der Waals surface area contributed by atoms with Gasteiger partial charge in [0.05, 0.1) is 0 Å². The number of hydrogen-bond donors (Lipinski definition) is 3. The summed E-state index contributed by atoms with van der Waals surface area (Å²) >= 11 is 0. The summed E-state index contributed by atoms with van der Waals surface area (Å²) in [6, 6.07) is 6.65. The highest BCUT2D eigenvalue weighted by atomic mass is 35.5. The van der Waals surface area contributed by atoms with Crippen LogP contribution in [0.4, 0.5) is 5.69 Å². The highest BCUT2D eigenvalue weighted by Gasteiger charge is 2.03. The standard InChI is InChI=1S/C11H15N3O2.ClH/c1-8(15)13-6-7-14-11(16)9-2-4-10(12)5-3-9;/h2-5H,6-7,12H2,1H3,(H,13,15)(H,14,16);1H. The van der Waals surface area contributed by atoms with Gasteiger partial charge in [-0.15, -0.1) is 12.4 Å². The maximum absolute atomic E-state index is 11.5. The number of amides is 2. The fraction of sp³-hybridized carbons (Fsp3) is 0.273. The minimum absolute atomic E-state index is 0. The second-order valence-corrected chi connectivity index (χ2v) is 3.36. The molecule has 1 aromatic rings. The van der Waals surface area contributed by atoms with Crippen molar-refractivity contribution in [2.75, 3.05) is 18.8 Å². The molecular weight excluding hydrogens is 242 g/mol. The molecule has 0 aliphatic rings. The third-order valence-electron chi connectivity index (χ3n) is 1.96. The van der Waals surface area contributed by atoms with Gasteiger partial charge in [-0.3, -0.25) is 9.59 Å². The first-order valence-corrected chi connectivity index (χ1v) is 4.98. The lowest BCUT2D eigenvalue weighted by atomic mass is 10.2. The Hall–Kier alpha value is -1.75. The van der Waals surface area contributed by atoms with E-state index < -0.39 is 0 Å². The largest absolute Gasteiger partial charge is 0.399 e. The Bertz CT molecular complexity index is 379. The Morgan fingerprint density at radius 1 is 1.12 bits per heavy atom. The Morgan fingerprint density at radius 3 is 2.18 bits per heavy atom. The third kappa shape index (κ3) is 5.77. The molecule has 0 saturated carbocycles. The highest BCUT2D eigenvalue weighted by molar-refractivity contribution is 5.94. The molecule has 0 aromatic heterocycles. The van der Waals surface area contributed by atoms with Crippen molar-refractivity contribution in [2.45, 2.75) is 6.92 Å². The van der Waals surface area contributed by atoms with Crippen LogP contribution in [-0.2, 0) is 4.79 Å². The van der Waals surface area contributed by atoms with Crippen molar-refractivity contribution < 1.29 is 9.59 Å². The Morgan fingerprint density at radius 2 is 1.65 bits per heavy atom. The zero-order chi connectivity index (χ0) is 12.0. The summed E-state index contributed by atoms with van der Waals surface area (Å²) in [5.41, 5.74) is 6.68. The molecule has 4 N–H and O–H groups in total. The van der Waals surface area contributed by atoms with Crippen molar-refractivity contribution in [1.82, 2.24) is 10.6 Å². The number of nitrogens with one attached hydrogen (secondary N) is 2. The van der Waals surface area contributed by atoms with Gasteiger partial charge in [-0.25, -0.2) is 0 Å². The molecule has 0 spiro atoms. The summed E-state index contributed by atoms with van der Waals surface area (Å²) in [7, 11) is 0. The first-order valence-electron chi connectivity index (χ1n) is 4.98. The van der Waals surface area contributed by atoms with E-state index in [-0.39, 0.29) is 24.2 Å². The predicted octanol–water partition coefficient (Wildman–Crippen LogP) is 0.556. The lowest BCUT2D eigenvalue weighted by molar-refractivity contribution is -0.118. The van der Waals surface area contributed by atoms with Gasteiger partial charge in [-0.1, -0.05) is 0 Å². The van der Waals surface area contributed by atoms with E-state index in [4.69, 9.17) is 5.73 Å². The molecule has 0 aliphatic heterocycles. The summed E-state index contributed by atoms with van der Waals surface area (Å²) in [4.78, 5) is 22.1. The van der Waals surface area contributed by atoms with Crippen LogP contribution in [0.2, 0.25) is 0 Å². The van der Waals surface area contributed by atoms with Gasteiger partial charge in [0, 0.05) is 31.3 Å². The number of carbonyl (C=O) groups is 2. The van der Waals surface area contributed by atoms with Crippen molar-refractivity contribution in [3.63, 3.8) is 0 Å². The number of carbonyl (C=O) groups excluding carboxylic acids is 2. The molecule has 2 amide bonds. The van der Waals surface area contributed by atoms with Crippen LogP contribution in [0.1, 0.15) is 17.3 Å². The van der Waals surface area contributed by atoms with E-state index in [2.05, 4.69) is 10.6 Å². The van der Waals surface area contributed by atoms with Gasteiger partial charge in [-0.2, -0.15) is 0 Å². The SMILES string of the molecule is CC(=O)NCCNC(=O)c1ccc(N)cc1.Cl. The minimum Gasteiger partial charge on any atom is -0.399 e. The molecule has 1 aromatic carbocycles. The molecule has 6 heteroatoms. The average Bonchev–Trinajstić information content (AvgIpc) is 2.25. The Balaban J connectivity index is 0.00000256. The normalized spacial score (nSPS) is 9.00. The molecule has 5 nitrogen and oxygen atoms in total. The van der Waals surface area contributed by atoms with Gasteiger partial charge in [0.2, 0.25) is 5.91 Å². The summed E-state index contributed by atoms with van der Waals surface area (Å²) in [6.07, 6.45) is 0. The molecule has 0 aliphatic carbocycles. The molecule has 94 valence electrons. The van der Waals surface area contributed by atoms with E-state index in [1.807, 2.05) is 0 Å². The topological polar surface area (TPSA) is 84.2 Å². The fourth-order valence-electron chi connectivity index (χ4n) is 1.15. The highest BCUT2D eigenvalue weighted by Crippen LogP contribution is 2.04. The van der Waals surface area contributed by atoms with Crippen LogP contribution >= 0.6 is 12.4 Å². The first kappa shape index (κ1) is 15.2. The predicted molar refractivity (Wildman–Crippen MR) is 69.1 cm³/mol. The van der Waals surface area contributed by atoms with E-state index in [0.717, 1.165) is 0 Å². The minimum atomic E-state index is -0.176. The number of nitrogens with two attached hydrogens (primary N) is 1. The van der Waals surface area contributed by atoms with Crippen molar-refractivity contribution in [2.24, 2.45) is 0 Å². The lowest BCUT2D eigenvalue weighted by Crippen LogP contribution is -2.33.